The number of nitrogens with zero attached hydrogens (tertiary/aromatic N) is 3. The molecule has 0 saturated heterocycles. The minimum absolute atomic E-state index is 0.0350. The Morgan fingerprint density at radius 2 is 1.54 bits per heavy atom. The Bertz CT molecular complexity index is 1770. The molecule has 5 rings (SSSR count). The summed E-state index contributed by atoms with van der Waals surface area (Å²) in [4.78, 5) is 0. The van der Waals surface area contributed by atoms with E-state index in [4.69, 9.17) is 0 Å². The lowest BCUT2D eigenvalue weighted by molar-refractivity contribution is -0.137. The standard InChI is InChI=1S/C30H23F4N3O2/c1-16-6-4-7-19(12-16)22-8-5-9-24(28(22)38)35-36-27-26-23(31)14-20(30(32,33)34)15-25(26)37(29(27)39)21-11-10-17(2)18(3)13-21/h4-15,38-39H,1-3H3. The number of para-hydroxylation sites is 1. The lowest BCUT2D eigenvalue weighted by atomic mass is 10.0. The Morgan fingerprint density at radius 3 is 2.23 bits per heavy atom. The molecule has 0 amide bonds. The van der Waals surface area contributed by atoms with Crippen molar-refractivity contribution in [2.24, 2.45) is 10.2 Å². The molecule has 2 N–H and O–H groups in total. The number of rotatable bonds is 4. The number of benzene rings is 4. The summed E-state index contributed by atoms with van der Waals surface area (Å²) in [6.07, 6.45) is -4.81. The second-order valence-corrected chi connectivity index (χ2v) is 9.37. The average molecular weight is 534 g/mol. The van der Waals surface area contributed by atoms with Gasteiger partial charge >= 0.3 is 6.18 Å². The highest BCUT2D eigenvalue weighted by molar-refractivity contribution is 5.97. The Balaban J connectivity index is 1.71. The number of hydrogen-bond donors (Lipinski definition) is 2. The van der Waals surface area contributed by atoms with Gasteiger partial charge in [-0.15, -0.1) is 10.2 Å². The van der Waals surface area contributed by atoms with Crippen LogP contribution in [0.2, 0.25) is 0 Å². The number of halogens is 4. The fourth-order valence-electron chi connectivity index (χ4n) is 4.48. The molecule has 1 aromatic heterocycles. The van der Waals surface area contributed by atoms with E-state index in [1.54, 1.807) is 30.3 Å². The van der Waals surface area contributed by atoms with Crippen molar-refractivity contribution in [3.63, 3.8) is 0 Å². The van der Waals surface area contributed by atoms with E-state index in [1.807, 2.05) is 45.0 Å². The number of hydrogen-bond acceptors (Lipinski definition) is 4. The van der Waals surface area contributed by atoms with Gasteiger partial charge in [-0.3, -0.25) is 4.57 Å². The molecular weight excluding hydrogens is 510 g/mol. The second-order valence-electron chi connectivity index (χ2n) is 9.37. The minimum atomic E-state index is -4.81. The van der Waals surface area contributed by atoms with Gasteiger partial charge in [-0.05, 0) is 67.8 Å². The Kier molecular flexibility index (Phi) is 6.38. The molecule has 9 heteroatoms. The first-order valence-corrected chi connectivity index (χ1v) is 12.0. The van der Waals surface area contributed by atoms with E-state index in [-0.39, 0.29) is 28.0 Å². The molecule has 0 fully saturated rings. The highest BCUT2D eigenvalue weighted by Crippen LogP contribution is 2.46. The number of phenols is 1. The fourth-order valence-corrected chi connectivity index (χ4v) is 4.48. The van der Waals surface area contributed by atoms with Crippen molar-refractivity contribution in [1.82, 2.24) is 4.57 Å². The van der Waals surface area contributed by atoms with Crippen molar-refractivity contribution in [3.05, 3.63) is 101 Å². The summed E-state index contributed by atoms with van der Waals surface area (Å²) < 4.78 is 57.0. The summed E-state index contributed by atoms with van der Waals surface area (Å²) >= 11 is 0. The Labute approximate surface area is 221 Å². The van der Waals surface area contributed by atoms with Gasteiger partial charge in [0.05, 0.1) is 16.5 Å². The molecule has 0 aliphatic rings. The van der Waals surface area contributed by atoms with E-state index in [0.717, 1.165) is 32.9 Å². The van der Waals surface area contributed by atoms with Crippen molar-refractivity contribution >= 4 is 22.3 Å². The summed E-state index contributed by atoms with van der Waals surface area (Å²) in [5, 5.41) is 29.8. The average Bonchev–Trinajstić information content (AvgIpc) is 3.16. The molecule has 5 aromatic rings. The molecule has 198 valence electrons. The Hall–Kier alpha value is -4.66. The van der Waals surface area contributed by atoms with Crippen LogP contribution in [0.1, 0.15) is 22.3 Å². The first-order chi connectivity index (χ1) is 18.5. The van der Waals surface area contributed by atoms with Gasteiger partial charge in [0.2, 0.25) is 5.88 Å². The van der Waals surface area contributed by atoms with Crippen molar-refractivity contribution in [2.75, 3.05) is 0 Å². The van der Waals surface area contributed by atoms with Crippen LogP contribution in [0.3, 0.4) is 0 Å². The van der Waals surface area contributed by atoms with Gasteiger partial charge in [0.15, 0.2) is 11.4 Å². The normalized spacial score (nSPS) is 12.1. The van der Waals surface area contributed by atoms with E-state index in [9.17, 15) is 23.4 Å². The molecule has 0 bridgehead atoms. The molecular formula is C30H23F4N3O2. The number of aromatic hydroxyl groups is 2. The lowest BCUT2D eigenvalue weighted by Crippen LogP contribution is -2.06. The molecule has 0 aliphatic carbocycles. The molecule has 1 heterocycles. The van der Waals surface area contributed by atoms with Gasteiger partial charge in [-0.2, -0.15) is 13.2 Å². The quantitative estimate of drug-likeness (QED) is 0.179. The second kappa shape index (κ2) is 9.58. The number of aryl methyl sites for hydroxylation is 3. The van der Waals surface area contributed by atoms with Crippen molar-refractivity contribution in [2.45, 2.75) is 26.9 Å². The van der Waals surface area contributed by atoms with Gasteiger partial charge in [0.25, 0.3) is 0 Å². The van der Waals surface area contributed by atoms with Gasteiger partial charge in [0.1, 0.15) is 11.5 Å². The zero-order valence-electron chi connectivity index (χ0n) is 21.2. The molecule has 0 atom stereocenters. The van der Waals surface area contributed by atoms with Crippen LogP contribution < -0.4 is 0 Å². The van der Waals surface area contributed by atoms with Crippen molar-refractivity contribution in [3.8, 4) is 28.4 Å². The SMILES string of the molecule is Cc1cccc(-c2cccc(N=Nc3c(O)n(-c4ccc(C)c(C)c4)c4cc(C(F)(F)F)cc(F)c34)c2O)c1. The van der Waals surface area contributed by atoms with Crippen LogP contribution in [0.5, 0.6) is 11.6 Å². The molecule has 4 aromatic carbocycles. The summed E-state index contributed by atoms with van der Waals surface area (Å²) in [7, 11) is 0. The fraction of sp³-hybridized carbons (Fsp3) is 0.133. The molecule has 0 saturated carbocycles. The minimum Gasteiger partial charge on any atom is -0.505 e. The highest BCUT2D eigenvalue weighted by Gasteiger charge is 2.34. The highest BCUT2D eigenvalue weighted by atomic mass is 19.4. The molecule has 0 spiro atoms. The maximum absolute atomic E-state index is 15.2. The van der Waals surface area contributed by atoms with Crippen LogP contribution in [0.25, 0.3) is 27.7 Å². The Morgan fingerprint density at radius 1 is 0.795 bits per heavy atom. The zero-order valence-corrected chi connectivity index (χ0v) is 21.2. The first kappa shape index (κ1) is 26.0. The van der Waals surface area contributed by atoms with E-state index < -0.39 is 23.4 Å². The zero-order chi connectivity index (χ0) is 28.1. The largest absolute Gasteiger partial charge is 0.505 e. The lowest BCUT2D eigenvalue weighted by Gasteiger charge is -2.11. The third kappa shape index (κ3) is 4.71. The van der Waals surface area contributed by atoms with Crippen LogP contribution in [0.15, 0.2) is 83.0 Å². The molecule has 0 unspecified atom stereocenters. The van der Waals surface area contributed by atoms with E-state index in [0.29, 0.717) is 17.3 Å². The number of phenolic OH excluding ortho intramolecular Hbond substituents is 1. The molecule has 39 heavy (non-hydrogen) atoms. The number of fused-ring (bicyclic) bond motifs is 1. The topological polar surface area (TPSA) is 70.1 Å². The first-order valence-electron chi connectivity index (χ1n) is 12.0. The van der Waals surface area contributed by atoms with E-state index >= 15 is 4.39 Å². The predicted octanol–water partition coefficient (Wildman–Crippen LogP) is 9.21. The predicted molar refractivity (Wildman–Crippen MR) is 142 cm³/mol. The van der Waals surface area contributed by atoms with Crippen molar-refractivity contribution < 1.29 is 27.8 Å². The van der Waals surface area contributed by atoms with E-state index in [1.165, 1.54) is 6.07 Å². The van der Waals surface area contributed by atoms with E-state index in [2.05, 4.69) is 10.2 Å². The summed E-state index contributed by atoms with van der Waals surface area (Å²) in [6, 6.07) is 18.4. The van der Waals surface area contributed by atoms with Crippen molar-refractivity contribution in [1.29, 1.82) is 0 Å². The molecule has 0 aliphatic heterocycles. The van der Waals surface area contributed by atoms with Gasteiger partial charge in [0, 0.05) is 11.3 Å². The summed E-state index contributed by atoms with van der Waals surface area (Å²) in [6.45, 7) is 5.59. The number of azo groups is 1. The van der Waals surface area contributed by atoms with Crippen LogP contribution >= 0.6 is 0 Å². The summed E-state index contributed by atoms with van der Waals surface area (Å²) in [5.74, 6) is -2.00. The third-order valence-corrected chi connectivity index (χ3v) is 6.65. The maximum atomic E-state index is 15.2. The van der Waals surface area contributed by atoms with Crippen LogP contribution in [-0.2, 0) is 6.18 Å². The summed E-state index contributed by atoms with van der Waals surface area (Å²) in [5.41, 5.74) is 2.52. The van der Waals surface area contributed by atoms with Gasteiger partial charge < -0.3 is 10.2 Å². The molecule has 0 radical (unpaired) electrons. The smallest absolute Gasteiger partial charge is 0.416 e. The van der Waals surface area contributed by atoms with Crippen LogP contribution in [-0.4, -0.2) is 14.8 Å². The van der Waals surface area contributed by atoms with Gasteiger partial charge in [-0.25, -0.2) is 4.39 Å². The number of alkyl halides is 3. The van der Waals surface area contributed by atoms with Crippen LogP contribution in [0, 0.1) is 26.6 Å². The van der Waals surface area contributed by atoms with Crippen LogP contribution in [0.4, 0.5) is 28.9 Å². The van der Waals surface area contributed by atoms with Gasteiger partial charge in [-0.1, -0.05) is 48.0 Å². The third-order valence-electron chi connectivity index (χ3n) is 6.65. The number of aromatic nitrogens is 1. The monoisotopic (exact) mass is 533 g/mol. The maximum Gasteiger partial charge on any atom is 0.416 e. The molecule has 5 nitrogen and oxygen atoms in total.